The van der Waals surface area contributed by atoms with Crippen LogP contribution >= 0.6 is 0 Å². The monoisotopic (exact) mass is 280 g/mol. The van der Waals surface area contributed by atoms with Crippen molar-refractivity contribution < 1.29 is 19.4 Å². The molecule has 0 aliphatic rings. The smallest absolute Gasteiger partial charge is 0.323 e. The number of para-hydroxylation sites is 1. The van der Waals surface area contributed by atoms with Crippen molar-refractivity contribution in [2.24, 2.45) is 0 Å². The molecule has 0 atom stereocenters. The number of anilines is 1. The molecule has 0 radical (unpaired) electrons. The van der Waals surface area contributed by atoms with E-state index in [0.717, 1.165) is 11.1 Å². The molecular formula is C14H20N2O4. The number of rotatable bonds is 6. The van der Waals surface area contributed by atoms with Crippen molar-refractivity contribution in [1.82, 2.24) is 4.90 Å². The number of hydrogen-bond acceptors (Lipinski definition) is 3. The molecule has 1 aromatic rings. The highest BCUT2D eigenvalue weighted by Crippen LogP contribution is 2.19. The van der Waals surface area contributed by atoms with Crippen molar-refractivity contribution in [3.63, 3.8) is 0 Å². The predicted molar refractivity (Wildman–Crippen MR) is 76.0 cm³/mol. The van der Waals surface area contributed by atoms with Crippen molar-refractivity contribution >= 4 is 17.7 Å². The Morgan fingerprint density at radius 3 is 2.40 bits per heavy atom. The maximum Gasteiger partial charge on any atom is 0.323 e. The number of benzene rings is 1. The molecule has 0 aliphatic heterocycles. The van der Waals surface area contributed by atoms with Gasteiger partial charge in [0.1, 0.15) is 6.54 Å². The second kappa shape index (κ2) is 7.49. The highest BCUT2D eigenvalue weighted by atomic mass is 16.5. The number of aryl methyl sites for hydroxylation is 2. The van der Waals surface area contributed by atoms with Gasteiger partial charge >= 0.3 is 12.0 Å². The molecule has 0 aliphatic carbocycles. The average Bonchev–Trinajstić information content (AvgIpc) is 2.38. The number of amides is 2. The Labute approximate surface area is 118 Å². The summed E-state index contributed by atoms with van der Waals surface area (Å²) in [7, 11) is 1.50. The van der Waals surface area contributed by atoms with Crippen molar-refractivity contribution in [1.29, 1.82) is 0 Å². The van der Waals surface area contributed by atoms with Crippen LogP contribution in [0, 0.1) is 13.8 Å². The molecule has 2 amide bonds. The van der Waals surface area contributed by atoms with Crippen molar-refractivity contribution in [3.8, 4) is 0 Å². The quantitative estimate of drug-likeness (QED) is 0.833. The Morgan fingerprint density at radius 1 is 1.30 bits per heavy atom. The van der Waals surface area contributed by atoms with E-state index in [0.29, 0.717) is 5.69 Å². The van der Waals surface area contributed by atoms with Gasteiger partial charge in [0, 0.05) is 19.3 Å². The minimum Gasteiger partial charge on any atom is -0.480 e. The number of carboxylic acid groups (broad SMARTS) is 1. The fraction of sp³-hybridized carbons (Fsp3) is 0.429. The summed E-state index contributed by atoms with van der Waals surface area (Å²) in [4.78, 5) is 24.2. The highest BCUT2D eigenvalue weighted by Gasteiger charge is 2.17. The lowest BCUT2D eigenvalue weighted by Crippen LogP contribution is -2.41. The topological polar surface area (TPSA) is 78.9 Å². The third-order valence-corrected chi connectivity index (χ3v) is 2.89. The van der Waals surface area contributed by atoms with Gasteiger partial charge in [0.2, 0.25) is 0 Å². The van der Waals surface area contributed by atoms with Crippen molar-refractivity contribution in [2.45, 2.75) is 13.8 Å². The molecule has 1 rings (SSSR count). The Morgan fingerprint density at radius 2 is 1.90 bits per heavy atom. The van der Waals surface area contributed by atoms with Gasteiger partial charge in [-0.05, 0) is 25.0 Å². The first-order valence-electron chi connectivity index (χ1n) is 6.28. The predicted octanol–water partition coefficient (Wildman–Crippen LogP) is 1.87. The number of carbonyl (C=O) groups is 2. The molecule has 6 nitrogen and oxygen atoms in total. The van der Waals surface area contributed by atoms with E-state index < -0.39 is 12.0 Å². The van der Waals surface area contributed by atoms with Gasteiger partial charge in [0.05, 0.1) is 6.61 Å². The second-order valence-electron chi connectivity index (χ2n) is 4.51. The van der Waals surface area contributed by atoms with Gasteiger partial charge in [-0.2, -0.15) is 0 Å². The number of hydrogen-bond donors (Lipinski definition) is 2. The third kappa shape index (κ3) is 4.55. The van der Waals surface area contributed by atoms with Crippen LogP contribution in [-0.2, 0) is 9.53 Å². The summed E-state index contributed by atoms with van der Waals surface area (Å²) in [6.45, 7) is 3.92. The van der Waals surface area contributed by atoms with E-state index in [1.165, 1.54) is 12.0 Å². The maximum atomic E-state index is 12.2. The fourth-order valence-electron chi connectivity index (χ4n) is 1.81. The van der Waals surface area contributed by atoms with Crippen LogP contribution in [0.25, 0.3) is 0 Å². The molecule has 1 aromatic carbocycles. The zero-order chi connectivity index (χ0) is 15.1. The molecule has 110 valence electrons. The maximum absolute atomic E-state index is 12.2. The lowest BCUT2D eigenvalue weighted by molar-refractivity contribution is -0.137. The number of carboxylic acids is 1. The number of methoxy groups -OCH3 is 1. The summed E-state index contributed by atoms with van der Waals surface area (Å²) in [5, 5.41) is 11.6. The molecule has 0 aromatic heterocycles. The average molecular weight is 280 g/mol. The zero-order valence-corrected chi connectivity index (χ0v) is 12.0. The van der Waals surface area contributed by atoms with Gasteiger partial charge in [-0.1, -0.05) is 18.2 Å². The number of nitrogens with zero attached hydrogens (tertiary/aromatic N) is 1. The molecule has 20 heavy (non-hydrogen) atoms. The van der Waals surface area contributed by atoms with Crippen molar-refractivity contribution in [2.75, 3.05) is 32.1 Å². The molecule has 0 fully saturated rings. The molecule has 6 heteroatoms. The molecule has 0 saturated heterocycles. The highest BCUT2D eigenvalue weighted by molar-refractivity contribution is 5.92. The summed E-state index contributed by atoms with van der Waals surface area (Å²) in [5.41, 5.74) is 2.58. The Kier molecular flexibility index (Phi) is 5.99. The number of carbonyl (C=O) groups excluding carboxylic acids is 1. The third-order valence-electron chi connectivity index (χ3n) is 2.89. The van der Waals surface area contributed by atoms with E-state index in [-0.39, 0.29) is 19.7 Å². The Hall–Kier alpha value is -2.08. The van der Waals surface area contributed by atoms with Gasteiger partial charge in [-0.3, -0.25) is 4.79 Å². The Bertz CT molecular complexity index is 468. The van der Waals surface area contributed by atoms with E-state index in [1.807, 2.05) is 32.0 Å². The normalized spacial score (nSPS) is 10.2. The van der Waals surface area contributed by atoms with Crippen LogP contribution < -0.4 is 5.32 Å². The largest absolute Gasteiger partial charge is 0.480 e. The summed E-state index contributed by atoms with van der Waals surface area (Å²) >= 11 is 0. The molecular weight excluding hydrogens is 260 g/mol. The van der Waals surface area contributed by atoms with Crippen molar-refractivity contribution in [3.05, 3.63) is 29.3 Å². The number of aliphatic carboxylic acids is 1. The van der Waals surface area contributed by atoms with E-state index in [4.69, 9.17) is 9.84 Å². The van der Waals surface area contributed by atoms with Gasteiger partial charge in [-0.15, -0.1) is 0 Å². The standard InChI is InChI=1S/C14H20N2O4/c1-10-5-4-6-11(2)13(10)15-14(19)16(7-8-20-3)9-12(17)18/h4-6H,7-9H2,1-3H3,(H,15,19)(H,17,18). The lowest BCUT2D eigenvalue weighted by Gasteiger charge is -2.22. The lowest BCUT2D eigenvalue weighted by atomic mass is 10.1. The van der Waals surface area contributed by atoms with E-state index in [9.17, 15) is 9.59 Å². The van der Waals surface area contributed by atoms with Crippen LogP contribution in [0.2, 0.25) is 0 Å². The van der Waals surface area contributed by atoms with E-state index >= 15 is 0 Å². The van der Waals surface area contributed by atoms with Crippen LogP contribution in [0.3, 0.4) is 0 Å². The van der Waals surface area contributed by atoms with Gasteiger partial charge in [0.15, 0.2) is 0 Å². The zero-order valence-electron chi connectivity index (χ0n) is 12.0. The van der Waals surface area contributed by atoms with Crippen LogP contribution in [0.4, 0.5) is 10.5 Å². The first-order chi connectivity index (χ1) is 9.45. The number of nitrogens with one attached hydrogen (secondary N) is 1. The molecule has 0 unspecified atom stereocenters. The molecule has 2 N–H and O–H groups in total. The summed E-state index contributed by atoms with van der Waals surface area (Å²) in [6.07, 6.45) is 0. The summed E-state index contributed by atoms with van der Waals surface area (Å²) < 4.78 is 4.89. The summed E-state index contributed by atoms with van der Waals surface area (Å²) in [6, 6.07) is 5.24. The first-order valence-corrected chi connectivity index (χ1v) is 6.28. The van der Waals surface area contributed by atoms with Crippen LogP contribution in [0.15, 0.2) is 18.2 Å². The number of ether oxygens (including phenoxy) is 1. The fourth-order valence-corrected chi connectivity index (χ4v) is 1.81. The minimum absolute atomic E-state index is 0.222. The van der Waals surface area contributed by atoms with Gasteiger partial charge < -0.3 is 20.1 Å². The molecule has 0 spiro atoms. The second-order valence-corrected chi connectivity index (χ2v) is 4.51. The van der Waals surface area contributed by atoms with Crippen LogP contribution in [-0.4, -0.2) is 48.8 Å². The van der Waals surface area contributed by atoms with Gasteiger partial charge in [0.25, 0.3) is 0 Å². The first kappa shape index (κ1) is 16.0. The van der Waals surface area contributed by atoms with Crippen LogP contribution in [0.1, 0.15) is 11.1 Å². The molecule has 0 saturated carbocycles. The number of urea groups is 1. The van der Waals surface area contributed by atoms with Gasteiger partial charge in [-0.25, -0.2) is 4.79 Å². The molecule has 0 bridgehead atoms. The Balaban J connectivity index is 2.81. The SMILES string of the molecule is COCCN(CC(=O)O)C(=O)Nc1c(C)cccc1C. The summed E-state index contributed by atoms with van der Waals surface area (Å²) in [5.74, 6) is -1.06. The minimum atomic E-state index is -1.06. The van der Waals surface area contributed by atoms with Crippen LogP contribution in [0.5, 0.6) is 0 Å². The van der Waals surface area contributed by atoms with E-state index in [2.05, 4.69) is 5.32 Å². The van der Waals surface area contributed by atoms with E-state index in [1.54, 1.807) is 0 Å². The molecule has 0 heterocycles.